The largest absolute Gasteiger partial charge is 0.508 e. The van der Waals surface area contributed by atoms with E-state index in [4.69, 9.17) is 5.11 Å². The minimum atomic E-state index is -4.05. The van der Waals surface area contributed by atoms with E-state index in [0.717, 1.165) is 5.56 Å². The molecule has 0 radical (unpaired) electrons. The predicted octanol–water partition coefficient (Wildman–Crippen LogP) is 3.78. The van der Waals surface area contributed by atoms with Crippen LogP contribution in [0.25, 0.3) is 0 Å². The molecule has 0 aliphatic rings. The second-order valence-electron chi connectivity index (χ2n) is 4.34. The van der Waals surface area contributed by atoms with Crippen LogP contribution in [0.3, 0.4) is 0 Å². The summed E-state index contributed by atoms with van der Waals surface area (Å²) in [5.74, 6) is 0.205. The van der Waals surface area contributed by atoms with Gasteiger partial charge in [-0.15, -0.1) is 0 Å². The van der Waals surface area contributed by atoms with Crippen LogP contribution in [-0.4, -0.2) is 17.8 Å². The van der Waals surface area contributed by atoms with Crippen LogP contribution in [-0.2, 0) is 0 Å². The lowest BCUT2D eigenvalue weighted by Gasteiger charge is -2.14. The SMILES string of the molecule is CC(NCCCCC(F)(F)F)c1ccc(O)cc1. The van der Waals surface area contributed by atoms with E-state index in [0.29, 0.717) is 13.0 Å². The van der Waals surface area contributed by atoms with E-state index in [1.165, 1.54) is 0 Å². The molecule has 102 valence electrons. The summed E-state index contributed by atoms with van der Waals surface area (Å²) in [6.45, 7) is 2.49. The molecule has 1 aromatic rings. The van der Waals surface area contributed by atoms with E-state index >= 15 is 0 Å². The Morgan fingerprint density at radius 2 is 1.78 bits per heavy atom. The number of rotatable bonds is 6. The topological polar surface area (TPSA) is 32.3 Å². The summed E-state index contributed by atoms with van der Waals surface area (Å²) in [5, 5.41) is 12.3. The highest BCUT2D eigenvalue weighted by atomic mass is 19.4. The number of phenolic OH excluding ortho intramolecular Hbond substituents is 1. The lowest BCUT2D eigenvalue weighted by molar-refractivity contribution is -0.135. The first-order valence-corrected chi connectivity index (χ1v) is 5.97. The van der Waals surface area contributed by atoms with Crippen molar-refractivity contribution in [3.05, 3.63) is 29.8 Å². The molecule has 0 aliphatic carbocycles. The molecule has 0 saturated heterocycles. The molecule has 1 rings (SSSR count). The lowest BCUT2D eigenvalue weighted by atomic mass is 10.1. The Morgan fingerprint density at radius 3 is 2.33 bits per heavy atom. The fourth-order valence-corrected chi connectivity index (χ4v) is 1.65. The van der Waals surface area contributed by atoms with Gasteiger partial charge in [-0.1, -0.05) is 12.1 Å². The Labute approximate surface area is 105 Å². The number of nitrogens with one attached hydrogen (secondary N) is 1. The highest BCUT2D eigenvalue weighted by molar-refractivity contribution is 5.27. The van der Waals surface area contributed by atoms with Crippen molar-refractivity contribution >= 4 is 0 Å². The van der Waals surface area contributed by atoms with Crippen molar-refractivity contribution in [2.24, 2.45) is 0 Å². The van der Waals surface area contributed by atoms with E-state index in [1.54, 1.807) is 24.3 Å². The van der Waals surface area contributed by atoms with Gasteiger partial charge in [0.1, 0.15) is 5.75 Å². The Hall–Kier alpha value is -1.23. The smallest absolute Gasteiger partial charge is 0.389 e. The highest BCUT2D eigenvalue weighted by Crippen LogP contribution is 2.22. The Bertz CT molecular complexity index is 348. The van der Waals surface area contributed by atoms with Gasteiger partial charge in [0, 0.05) is 12.5 Å². The molecule has 0 aliphatic heterocycles. The van der Waals surface area contributed by atoms with Gasteiger partial charge >= 0.3 is 6.18 Å². The molecule has 0 bridgehead atoms. The van der Waals surface area contributed by atoms with Crippen LogP contribution in [0.2, 0.25) is 0 Å². The number of aromatic hydroxyl groups is 1. The van der Waals surface area contributed by atoms with Crippen molar-refractivity contribution in [1.82, 2.24) is 5.32 Å². The monoisotopic (exact) mass is 261 g/mol. The number of alkyl halides is 3. The maximum absolute atomic E-state index is 11.9. The van der Waals surface area contributed by atoms with Gasteiger partial charge < -0.3 is 10.4 Å². The zero-order chi connectivity index (χ0) is 13.6. The number of unbranched alkanes of at least 4 members (excludes halogenated alkanes) is 1. The molecule has 0 aromatic heterocycles. The fourth-order valence-electron chi connectivity index (χ4n) is 1.65. The minimum Gasteiger partial charge on any atom is -0.508 e. The van der Waals surface area contributed by atoms with Crippen LogP contribution >= 0.6 is 0 Å². The summed E-state index contributed by atoms with van der Waals surface area (Å²) in [6.07, 6.45) is -4.12. The average Bonchev–Trinajstić information content (AvgIpc) is 2.27. The predicted molar refractivity (Wildman–Crippen MR) is 64.4 cm³/mol. The molecule has 18 heavy (non-hydrogen) atoms. The van der Waals surface area contributed by atoms with Gasteiger partial charge in [-0.2, -0.15) is 13.2 Å². The van der Waals surface area contributed by atoms with Crippen LogP contribution in [0, 0.1) is 0 Å². The Kier molecular flexibility index (Phi) is 5.47. The second-order valence-corrected chi connectivity index (χ2v) is 4.34. The van der Waals surface area contributed by atoms with Crippen LogP contribution in [0.4, 0.5) is 13.2 Å². The van der Waals surface area contributed by atoms with Gasteiger partial charge in [-0.25, -0.2) is 0 Å². The van der Waals surface area contributed by atoms with Gasteiger partial charge in [0.2, 0.25) is 0 Å². The van der Waals surface area contributed by atoms with Crippen molar-refractivity contribution in [3.63, 3.8) is 0 Å². The highest BCUT2D eigenvalue weighted by Gasteiger charge is 2.25. The summed E-state index contributed by atoms with van der Waals surface area (Å²) < 4.78 is 35.7. The third kappa shape index (κ3) is 5.91. The van der Waals surface area contributed by atoms with Crippen LogP contribution < -0.4 is 5.32 Å². The standard InChI is InChI=1S/C13H18F3NO/c1-10(11-4-6-12(18)7-5-11)17-9-3-2-8-13(14,15)16/h4-7,10,17-18H,2-3,8-9H2,1H3. The van der Waals surface area contributed by atoms with Gasteiger partial charge in [0.05, 0.1) is 0 Å². The molecule has 0 heterocycles. The van der Waals surface area contributed by atoms with Crippen molar-refractivity contribution in [2.75, 3.05) is 6.54 Å². The molecule has 5 heteroatoms. The van der Waals surface area contributed by atoms with Gasteiger partial charge in [-0.05, 0) is 44.0 Å². The summed E-state index contributed by atoms with van der Waals surface area (Å²) in [4.78, 5) is 0. The van der Waals surface area contributed by atoms with Crippen LogP contribution in [0.5, 0.6) is 5.75 Å². The van der Waals surface area contributed by atoms with Gasteiger partial charge in [0.15, 0.2) is 0 Å². The third-order valence-corrected chi connectivity index (χ3v) is 2.73. The summed E-state index contributed by atoms with van der Waals surface area (Å²) in [7, 11) is 0. The molecule has 2 N–H and O–H groups in total. The van der Waals surface area contributed by atoms with Crippen molar-refractivity contribution in [3.8, 4) is 5.75 Å². The van der Waals surface area contributed by atoms with E-state index in [9.17, 15) is 13.2 Å². The number of hydrogen-bond donors (Lipinski definition) is 2. The quantitative estimate of drug-likeness (QED) is 0.764. The van der Waals surface area contributed by atoms with Crippen molar-refractivity contribution in [1.29, 1.82) is 0 Å². The fraction of sp³-hybridized carbons (Fsp3) is 0.538. The minimum absolute atomic E-state index is 0.0662. The summed E-state index contributed by atoms with van der Waals surface area (Å²) in [6, 6.07) is 6.84. The van der Waals surface area contributed by atoms with Gasteiger partial charge in [0.25, 0.3) is 0 Å². The maximum Gasteiger partial charge on any atom is 0.389 e. The lowest BCUT2D eigenvalue weighted by Crippen LogP contribution is -2.20. The van der Waals surface area contributed by atoms with Crippen molar-refractivity contribution in [2.45, 2.75) is 38.4 Å². The second kappa shape index (κ2) is 6.64. The van der Waals surface area contributed by atoms with E-state index in [2.05, 4.69) is 5.32 Å². The third-order valence-electron chi connectivity index (χ3n) is 2.73. The first kappa shape index (κ1) is 14.8. The van der Waals surface area contributed by atoms with Gasteiger partial charge in [-0.3, -0.25) is 0 Å². The number of hydrogen-bond acceptors (Lipinski definition) is 2. The number of benzene rings is 1. The number of halogens is 3. The molecule has 1 atom stereocenters. The first-order valence-electron chi connectivity index (χ1n) is 5.97. The molecule has 0 spiro atoms. The molecule has 2 nitrogen and oxygen atoms in total. The molecular weight excluding hydrogens is 243 g/mol. The van der Waals surface area contributed by atoms with Crippen LogP contribution in [0.15, 0.2) is 24.3 Å². The molecule has 0 fully saturated rings. The van der Waals surface area contributed by atoms with E-state index in [1.807, 2.05) is 6.92 Å². The zero-order valence-electron chi connectivity index (χ0n) is 10.3. The first-order chi connectivity index (χ1) is 8.38. The number of phenols is 1. The Morgan fingerprint density at radius 1 is 1.17 bits per heavy atom. The van der Waals surface area contributed by atoms with Crippen molar-refractivity contribution < 1.29 is 18.3 Å². The molecule has 0 saturated carbocycles. The molecule has 1 unspecified atom stereocenters. The van der Waals surface area contributed by atoms with E-state index < -0.39 is 12.6 Å². The Balaban J connectivity index is 2.21. The zero-order valence-corrected chi connectivity index (χ0v) is 10.3. The van der Waals surface area contributed by atoms with Crippen LogP contribution in [0.1, 0.15) is 37.8 Å². The average molecular weight is 261 g/mol. The maximum atomic E-state index is 11.9. The molecule has 0 amide bonds. The normalized spacial score (nSPS) is 13.6. The molecular formula is C13H18F3NO. The summed E-state index contributed by atoms with van der Waals surface area (Å²) in [5.41, 5.74) is 1.00. The van der Waals surface area contributed by atoms with E-state index in [-0.39, 0.29) is 18.2 Å². The summed E-state index contributed by atoms with van der Waals surface area (Å²) >= 11 is 0. The molecule has 1 aromatic carbocycles.